The maximum absolute atomic E-state index is 13.8. The summed E-state index contributed by atoms with van der Waals surface area (Å²) in [4.78, 5) is 24.2. The van der Waals surface area contributed by atoms with Gasteiger partial charge in [-0.15, -0.1) is 0 Å². The molecule has 3 rings (SSSR count). The molecule has 0 unspecified atom stereocenters. The first kappa shape index (κ1) is 16.9. The van der Waals surface area contributed by atoms with Gasteiger partial charge in [-0.05, 0) is 48.9 Å². The molecule has 2 aliphatic rings. The minimum Gasteiger partial charge on any atom is -0.469 e. The smallest absolute Gasteiger partial charge is 0.307 e. The first-order valence-corrected chi connectivity index (χ1v) is 8.28. The predicted molar refractivity (Wildman–Crippen MR) is 83.2 cm³/mol. The Morgan fingerprint density at radius 1 is 1.29 bits per heavy atom. The van der Waals surface area contributed by atoms with Gasteiger partial charge < -0.3 is 10.1 Å². The van der Waals surface area contributed by atoms with Gasteiger partial charge in [-0.3, -0.25) is 9.59 Å². The standard InChI is InChI=1S/C18H21F2NO3/c1-24-16(22)10-18(6-2-3-7-18)21-17(23)14-9-12(14)13-8-11(19)4-5-15(13)20/h4-5,8,12,14H,2-3,6-7,9-10H2,1H3,(H,21,23)/t12-,14+/m1/s1. The summed E-state index contributed by atoms with van der Waals surface area (Å²) < 4.78 is 31.9. The number of esters is 1. The average Bonchev–Trinajstić information content (AvgIpc) is 3.23. The number of nitrogens with one attached hydrogen (secondary N) is 1. The van der Waals surface area contributed by atoms with Crippen LogP contribution in [0.15, 0.2) is 18.2 Å². The highest BCUT2D eigenvalue weighted by Crippen LogP contribution is 2.49. The monoisotopic (exact) mass is 337 g/mol. The van der Waals surface area contributed by atoms with Crippen LogP contribution in [0.1, 0.15) is 50.0 Å². The lowest BCUT2D eigenvalue weighted by molar-refractivity contribution is -0.142. The van der Waals surface area contributed by atoms with Crippen molar-refractivity contribution >= 4 is 11.9 Å². The summed E-state index contributed by atoms with van der Waals surface area (Å²) in [6, 6.07) is 3.32. The van der Waals surface area contributed by atoms with Gasteiger partial charge in [0.15, 0.2) is 0 Å². The zero-order valence-electron chi connectivity index (χ0n) is 13.6. The minimum absolute atomic E-state index is 0.154. The number of hydrogen-bond acceptors (Lipinski definition) is 3. The molecule has 2 fully saturated rings. The highest BCUT2D eigenvalue weighted by atomic mass is 19.1. The molecule has 24 heavy (non-hydrogen) atoms. The van der Waals surface area contributed by atoms with Gasteiger partial charge in [0.05, 0.1) is 19.1 Å². The van der Waals surface area contributed by atoms with Crippen molar-refractivity contribution in [3.05, 3.63) is 35.4 Å². The van der Waals surface area contributed by atoms with Crippen LogP contribution in [0.3, 0.4) is 0 Å². The van der Waals surface area contributed by atoms with E-state index in [2.05, 4.69) is 5.32 Å². The van der Waals surface area contributed by atoms with E-state index in [1.165, 1.54) is 7.11 Å². The third-order valence-corrected chi connectivity index (χ3v) is 5.14. The van der Waals surface area contributed by atoms with Gasteiger partial charge in [0, 0.05) is 5.92 Å². The summed E-state index contributed by atoms with van der Waals surface area (Å²) in [5.74, 6) is -2.18. The summed E-state index contributed by atoms with van der Waals surface area (Å²) in [5.41, 5.74) is -0.304. The first-order chi connectivity index (χ1) is 11.4. The Morgan fingerprint density at radius 3 is 2.67 bits per heavy atom. The van der Waals surface area contributed by atoms with Crippen LogP contribution in [-0.2, 0) is 14.3 Å². The molecule has 1 amide bonds. The van der Waals surface area contributed by atoms with Gasteiger partial charge in [-0.25, -0.2) is 8.78 Å². The number of halogens is 2. The van der Waals surface area contributed by atoms with Crippen molar-refractivity contribution < 1.29 is 23.1 Å². The van der Waals surface area contributed by atoms with Crippen molar-refractivity contribution in [1.82, 2.24) is 5.32 Å². The number of amides is 1. The number of rotatable bonds is 5. The van der Waals surface area contributed by atoms with E-state index in [1.807, 2.05) is 0 Å². The molecule has 0 saturated heterocycles. The second-order valence-electron chi connectivity index (χ2n) is 6.84. The fourth-order valence-corrected chi connectivity index (χ4v) is 3.73. The normalized spacial score (nSPS) is 24.5. The maximum atomic E-state index is 13.8. The van der Waals surface area contributed by atoms with Gasteiger partial charge in [-0.1, -0.05) is 12.8 Å². The van der Waals surface area contributed by atoms with E-state index in [0.717, 1.165) is 43.9 Å². The Kier molecular flexibility index (Phi) is 4.56. The zero-order valence-corrected chi connectivity index (χ0v) is 13.6. The van der Waals surface area contributed by atoms with Crippen molar-refractivity contribution in [3.63, 3.8) is 0 Å². The third kappa shape index (κ3) is 3.42. The quantitative estimate of drug-likeness (QED) is 0.840. The Bertz CT molecular complexity index is 656. The first-order valence-electron chi connectivity index (χ1n) is 8.28. The molecular weight excluding hydrogens is 316 g/mol. The van der Waals surface area contributed by atoms with E-state index in [0.29, 0.717) is 6.42 Å². The summed E-state index contributed by atoms with van der Waals surface area (Å²) in [5, 5.41) is 3.00. The van der Waals surface area contributed by atoms with Crippen LogP contribution >= 0.6 is 0 Å². The van der Waals surface area contributed by atoms with Crippen LogP contribution in [0.2, 0.25) is 0 Å². The van der Waals surface area contributed by atoms with Crippen LogP contribution in [0.5, 0.6) is 0 Å². The van der Waals surface area contributed by atoms with E-state index in [-0.39, 0.29) is 35.7 Å². The van der Waals surface area contributed by atoms with Crippen LogP contribution in [-0.4, -0.2) is 24.5 Å². The molecule has 0 spiro atoms. The second kappa shape index (κ2) is 6.49. The Morgan fingerprint density at radius 2 is 2.00 bits per heavy atom. The molecule has 1 aromatic carbocycles. The Hall–Kier alpha value is -1.98. The molecule has 6 heteroatoms. The van der Waals surface area contributed by atoms with Gasteiger partial charge in [0.2, 0.25) is 5.91 Å². The molecular formula is C18H21F2NO3. The molecule has 0 aliphatic heterocycles. The summed E-state index contributed by atoms with van der Waals surface area (Å²) in [6.45, 7) is 0. The number of hydrogen-bond donors (Lipinski definition) is 1. The average molecular weight is 337 g/mol. The van der Waals surface area contributed by atoms with E-state index in [4.69, 9.17) is 4.74 Å². The number of carbonyl (C=O) groups excluding carboxylic acids is 2. The molecule has 130 valence electrons. The lowest BCUT2D eigenvalue weighted by atomic mass is 9.92. The highest BCUT2D eigenvalue weighted by molar-refractivity contribution is 5.84. The molecule has 1 N–H and O–H groups in total. The number of methoxy groups -OCH3 is 1. The fraction of sp³-hybridized carbons (Fsp3) is 0.556. The zero-order chi connectivity index (χ0) is 17.3. The highest BCUT2D eigenvalue weighted by Gasteiger charge is 2.48. The molecule has 2 saturated carbocycles. The SMILES string of the molecule is COC(=O)CC1(NC(=O)[C@H]2C[C@@H]2c2cc(F)ccc2F)CCCC1. The molecule has 0 radical (unpaired) electrons. The second-order valence-corrected chi connectivity index (χ2v) is 6.84. The molecule has 4 nitrogen and oxygen atoms in total. The number of ether oxygens (including phenoxy) is 1. The molecule has 0 bridgehead atoms. The van der Waals surface area contributed by atoms with Crippen LogP contribution in [0, 0.1) is 17.6 Å². The summed E-state index contributed by atoms with van der Waals surface area (Å²) >= 11 is 0. The fourth-order valence-electron chi connectivity index (χ4n) is 3.73. The van der Waals surface area contributed by atoms with Gasteiger partial charge in [0.25, 0.3) is 0 Å². The molecule has 2 atom stereocenters. The Balaban J connectivity index is 1.67. The minimum atomic E-state index is -0.558. The number of carbonyl (C=O) groups is 2. The van der Waals surface area contributed by atoms with Crippen molar-refractivity contribution in [2.45, 2.75) is 50.0 Å². The number of benzene rings is 1. The van der Waals surface area contributed by atoms with E-state index in [1.54, 1.807) is 0 Å². The van der Waals surface area contributed by atoms with Gasteiger partial charge in [-0.2, -0.15) is 0 Å². The molecule has 0 aromatic heterocycles. The van der Waals surface area contributed by atoms with Crippen LogP contribution < -0.4 is 5.32 Å². The van der Waals surface area contributed by atoms with E-state index in [9.17, 15) is 18.4 Å². The Labute approximate surface area is 139 Å². The third-order valence-electron chi connectivity index (χ3n) is 5.14. The van der Waals surface area contributed by atoms with Crippen molar-refractivity contribution in [1.29, 1.82) is 0 Å². The maximum Gasteiger partial charge on any atom is 0.307 e. The summed E-state index contributed by atoms with van der Waals surface area (Å²) in [6.07, 6.45) is 4.02. The van der Waals surface area contributed by atoms with Crippen molar-refractivity contribution in [3.8, 4) is 0 Å². The van der Waals surface area contributed by atoms with E-state index < -0.39 is 17.2 Å². The largest absolute Gasteiger partial charge is 0.469 e. The summed E-state index contributed by atoms with van der Waals surface area (Å²) in [7, 11) is 1.33. The van der Waals surface area contributed by atoms with Crippen molar-refractivity contribution in [2.24, 2.45) is 5.92 Å². The lowest BCUT2D eigenvalue weighted by Gasteiger charge is -2.29. The van der Waals surface area contributed by atoms with Gasteiger partial charge in [0.1, 0.15) is 11.6 Å². The molecule has 0 heterocycles. The van der Waals surface area contributed by atoms with Crippen LogP contribution in [0.25, 0.3) is 0 Å². The molecule has 1 aromatic rings. The van der Waals surface area contributed by atoms with Gasteiger partial charge >= 0.3 is 5.97 Å². The predicted octanol–water partition coefficient (Wildman–Crippen LogP) is 3.06. The lowest BCUT2D eigenvalue weighted by Crippen LogP contribution is -2.48. The topological polar surface area (TPSA) is 55.4 Å². The van der Waals surface area contributed by atoms with Crippen LogP contribution in [0.4, 0.5) is 8.78 Å². The van der Waals surface area contributed by atoms with Crippen molar-refractivity contribution in [2.75, 3.05) is 7.11 Å². The molecule has 2 aliphatic carbocycles. The van der Waals surface area contributed by atoms with E-state index >= 15 is 0 Å².